The maximum Gasteiger partial charge on any atom is 0.316 e. The minimum Gasteiger partial charge on any atom is -0.361 e. The first-order valence-corrected chi connectivity index (χ1v) is 8.01. The normalized spacial score (nSPS) is 10.9. The summed E-state index contributed by atoms with van der Waals surface area (Å²) in [6.07, 6.45) is 1.86. The molecule has 0 radical (unpaired) electrons. The number of benzene rings is 2. The maximum absolute atomic E-state index is 12.2. The number of aromatic amines is 1. The van der Waals surface area contributed by atoms with E-state index in [4.69, 9.17) is 16.1 Å². The lowest BCUT2D eigenvalue weighted by Gasteiger charge is -2.02. The molecular formula is C18H13ClN4O2. The Balaban J connectivity index is 1.48. The second-order valence-corrected chi connectivity index (χ2v) is 5.95. The molecule has 6 nitrogen and oxygen atoms in total. The van der Waals surface area contributed by atoms with Gasteiger partial charge < -0.3 is 14.8 Å². The van der Waals surface area contributed by atoms with Gasteiger partial charge >= 0.3 is 11.8 Å². The Labute approximate surface area is 147 Å². The first kappa shape index (κ1) is 15.4. The Bertz CT molecular complexity index is 1040. The van der Waals surface area contributed by atoms with Crippen LogP contribution in [0.3, 0.4) is 0 Å². The van der Waals surface area contributed by atoms with Crippen LogP contribution >= 0.6 is 11.6 Å². The highest BCUT2D eigenvalue weighted by Crippen LogP contribution is 2.21. The SMILES string of the molecule is O=C(NCc1ccc(Cl)cc1)c1nc(-c2ccc3[nH]ccc3c2)no1. The van der Waals surface area contributed by atoms with Crippen LogP contribution in [0, 0.1) is 0 Å². The summed E-state index contributed by atoms with van der Waals surface area (Å²) >= 11 is 5.84. The Morgan fingerprint density at radius 2 is 2.00 bits per heavy atom. The predicted octanol–water partition coefficient (Wildman–Crippen LogP) is 3.80. The van der Waals surface area contributed by atoms with Crippen LogP contribution in [0.2, 0.25) is 5.02 Å². The van der Waals surface area contributed by atoms with Crippen LogP contribution in [0.25, 0.3) is 22.3 Å². The van der Waals surface area contributed by atoms with Gasteiger partial charge in [0, 0.05) is 34.2 Å². The van der Waals surface area contributed by atoms with Crippen LogP contribution in [0.1, 0.15) is 16.2 Å². The number of H-pyrrole nitrogens is 1. The number of aromatic nitrogens is 3. The zero-order valence-corrected chi connectivity index (χ0v) is 13.7. The van der Waals surface area contributed by atoms with Crippen molar-refractivity contribution in [3.8, 4) is 11.4 Å². The van der Waals surface area contributed by atoms with Crippen LogP contribution in [0.15, 0.2) is 59.3 Å². The van der Waals surface area contributed by atoms with E-state index in [1.165, 1.54) is 0 Å². The number of hydrogen-bond acceptors (Lipinski definition) is 4. The van der Waals surface area contributed by atoms with Crippen molar-refractivity contribution in [2.75, 3.05) is 0 Å². The van der Waals surface area contributed by atoms with Gasteiger partial charge in [-0.3, -0.25) is 4.79 Å². The summed E-state index contributed by atoms with van der Waals surface area (Å²) in [5.41, 5.74) is 2.73. The van der Waals surface area contributed by atoms with Crippen molar-refractivity contribution in [2.45, 2.75) is 6.54 Å². The molecule has 2 heterocycles. The molecule has 0 spiro atoms. The zero-order valence-electron chi connectivity index (χ0n) is 13.0. The molecule has 1 amide bonds. The summed E-state index contributed by atoms with van der Waals surface area (Å²) in [5.74, 6) is -0.116. The van der Waals surface area contributed by atoms with E-state index in [0.717, 1.165) is 22.0 Å². The summed E-state index contributed by atoms with van der Waals surface area (Å²) in [6, 6.07) is 14.9. The molecule has 0 saturated heterocycles. The van der Waals surface area contributed by atoms with E-state index >= 15 is 0 Å². The van der Waals surface area contributed by atoms with Crippen molar-refractivity contribution >= 4 is 28.4 Å². The minimum absolute atomic E-state index is 0.0712. The fraction of sp³-hybridized carbons (Fsp3) is 0.0556. The van der Waals surface area contributed by atoms with E-state index in [0.29, 0.717) is 17.4 Å². The maximum atomic E-state index is 12.2. The molecular weight excluding hydrogens is 340 g/mol. The third kappa shape index (κ3) is 3.25. The van der Waals surface area contributed by atoms with E-state index in [9.17, 15) is 4.79 Å². The monoisotopic (exact) mass is 352 g/mol. The number of nitrogens with zero attached hydrogens (tertiary/aromatic N) is 2. The largest absolute Gasteiger partial charge is 0.361 e. The van der Waals surface area contributed by atoms with Crippen LogP contribution in [0.5, 0.6) is 0 Å². The quantitative estimate of drug-likeness (QED) is 0.585. The van der Waals surface area contributed by atoms with Gasteiger partial charge in [0.1, 0.15) is 0 Å². The number of hydrogen-bond donors (Lipinski definition) is 2. The average molecular weight is 353 g/mol. The summed E-state index contributed by atoms with van der Waals surface area (Å²) in [7, 11) is 0. The van der Waals surface area contributed by atoms with Gasteiger partial charge in [0.25, 0.3) is 0 Å². The van der Waals surface area contributed by atoms with Crippen LogP contribution in [0.4, 0.5) is 0 Å². The topological polar surface area (TPSA) is 83.8 Å². The molecule has 2 aromatic heterocycles. The number of amides is 1. The van der Waals surface area contributed by atoms with E-state index < -0.39 is 5.91 Å². The Morgan fingerprint density at radius 1 is 1.16 bits per heavy atom. The second-order valence-electron chi connectivity index (χ2n) is 5.51. The Hall–Kier alpha value is -3.12. The van der Waals surface area contributed by atoms with Crippen molar-refractivity contribution in [1.29, 1.82) is 0 Å². The highest BCUT2D eigenvalue weighted by atomic mass is 35.5. The Kier molecular flexibility index (Phi) is 3.95. The molecule has 0 unspecified atom stereocenters. The molecule has 0 aliphatic heterocycles. The van der Waals surface area contributed by atoms with Crippen molar-refractivity contribution in [1.82, 2.24) is 20.4 Å². The van der Waals surface area contributed by atoms with Gasteiger partial charge in [-0.25, -0.2) is 0 Å². The number of nitrogens with one attached hydrogen (secondary N) is 2. The summed E-state index contributed by atoms with van der Waals surface area (Å²) in [4.78, 5) is 19.5. The third-order valence-corrected chi connectivity index (χ3v) is 4.05. The number of carbonyl (C=O) groups is 1. The number of halogens is 1. The summed E-state index contributed by atoms with van der Waals surface area (Å²) < 4.78 is 5.08. The summed E-state index contributed by atoms with van der Waals surface area (Å²) in [6.45, 7) is 0.350. The molecule has 25 heavy (non-hydrogen) atoms. The van der Waals surface area contributed by atoms with Crippen molar-refractivity contribution < 1.29 is 9.32 Å². The third-order valence-electron chi connectivity index (χ3n) is 3.80. The number of carbonyl (C=O) groups excluding carboxylic acids is 1. The van der Waals surface area contributed by atoms with Crippen molar-refractivity contribution in [3.05, 3.63) is 71.2 Å². The second kappa shape index (κ2) is 6.41. The van der Waals surface area contributed by atoms with Crippen LogP contribution in [-0.2, 0) is 6.54 Å². The molecule has 7 heteroatoms. The average Bonchev–Trinajstić information content (AvgIpc) is 3.29. The molecule has 0 bridgehead atoms. The fourth-order valence-electron chi connectivity index (χ4n) is 2.49. The Morgan fingerprint density at radius 3 is 2.84 bits per heavy atom. The van der Waals surface area contributed by atoms with Gasteiger partial charge in [-0.1, -0.05) is 28.9 Å². The predicted molar refractivity (Wildman–Crippen MR) is 94.2 cm³/mol. The lowest BCUT2D eigenvalue weighted by Crippen LogP contribution is -2.23. The van der Waals surface area contributed by atoms with Gasteiger partial charge in [0.05, 0.1) is 0 Å². The standard InChI is InChI=1S/C18H13ClN4O2/c19-14-4-1-11(2-5-14)10-21-17(24)18-22-16(23-25-18)13-3-6-15-12(9-13)7-8-20-15/h1-9,20H,10H2,(H,21,24). The highest BCUT2D eigenvalue weighted by molar-refractivity contribution is 6.30. The van der Waals surface area contributed by atoms with E-state index in [-0.39, 0.29) is 5.89 Å². The van der Waals surface area contributed by atoms with Gasteiger partial charge in [-0.05, 0) is 42.0 Å². The van der Waals surface area contributed by atoms with Gasteiger partial charge in [-0.2, -0.15) is 4.98 Å². The lowest BCUT2D eigenvalue weighted by molar-refractivity contribution is 0.0907. The van der Waals surface area contributed by atoms with E-state index in [1.54, 1.807) is 12.1 Å². The van der Waals surface area contributed by atoms with Crippen LogP contribution < -0.4 is 5.32 Å². The molecule has 4 aromatic rings. The lowest BCUT2D eigenvalue weighted by atomic mass is 10.1. The molecule has 0 aliphatic rings. The molecule has 0 fully saturated rings. The molecule has 2 aromatic carbocycles. The van der Waals surface area contributed by atoms with E-state index in [1.807, 2.05) is 42.6 Å². The van der Waals surface area contributed by atoms with E-state index in [2.05, 4.69) is 20.4 Å². The number of fused-ring (bicyclic) bond motifs is 1. The van der Waals surface area contributed by atoms with Gasteiger partial charge in [0.2, 0.25) is 5.82 Å². The molecule has 4 rings (SSSR count). The van der Waals surface area contributed by atoms with Crippen molar-refractivity contribution in [2.24, 2.45) is 0 Å². The van der Waals surface area contributed by atoms with Gasteiger partial charge in [0.15, 0.2) is 0 Å². The minimum atomic E-state index is -0.420. The highest BCUT2D eigenvalue weighted by Gasteiger charge is 2.16. The first-order chi connectivity index (χ1) is 12.2. The van der Waals surface area contributed by atoms with Crippen molar-refractivity contribution in [3.63, 3.8) is 0 Å². The summed E-state index contributed by atoms with van der Waals surface area (Å²) in [5, 5.41) is 8.32. The zero-order chi connectivity index (χ0) is 17.2. The fourth-order valence-corrected chi connectivity index (χ4v) is 2.61. The molecule has 0 aliphatic carbocycles. The number of rotatable bonds is 4. The molecule has 0 saturated carbocycles. The van der Waals surface area contributed by atoms with Gasteiger partial charge in [-0.15, -0.1) is 0 Å². The molecule has 124 valence electrons. The molecule has 2 N–H and O–H groups in total. The van der Waals surface area contributed by atoms with Crippen LogP contribution in [-0.4, -0.2) is 21.0 Å². The smallest absolute Gasteiger partial charge is 0.316 e. The molecule has 0 atom stereocenters. The first-order valence-electron chi connectivity index (χ1n) is 7.63.